The zero-order valence-corrected chi connectivity index (χ0v) is 9.01. The summed E-state index contributed by atoms with van der Waals surface area (Å²) in [4.78, 5) is 7.90. The standard InChI is InChI=1S/C12H8FN3O/c1-8-6-10(7-14)16-12(15-8)17-11-4-2-9(13)3-5-11/h2-6H,1H3. The molecular formula is C12H8FN3O. The summed E-state index contributed by atoms with van der Waals surface area (Å²) < 4.78 is 18.0. The Bertz CT molecular complexity index is 575. The average Bonchev–Trinajstić information content (AvgIpc) is 2.31. The van der Waals surface area contributed by atoms with E-state index in [1.807, 2.05) is 6.07 Å². The molecule has 5 heteroatoms. The van der Waals surface area contributed by atoms with E-state index in [9.17, 15) is 4.39 Å². The van der Waals surface area contributed by atoms with Crippen LogP contribution in [0, 0.1) is 24.1 Å². The van der Waals surface area contributed by atoms with E-state index in [0.29, 0.717) is 11.4 Å². The Morgan fingerprint density at radius 1 is 1.24 bits per heavy atom. The first-order chi connectivity index (χ1) is 8.17. The fraction of sp³-hybridized carbons (Fsp3) is 0.0833. The van der Waals surface area contributed by atoms with Gasteiger partial charge in [-0.2, -0.15) is 10.2 Å². The third kappa shape index (κ3) is 2.75. The molecule has 4 nitrogen and oxygen atoms in total. The summed E-state index contributed by atoms with van der Waals surface area (Å²) >= 11 is 0. The summed E-state index contributed by atoms with van der Waals surface area (Å²) in [5.74, 6) is 0.0705. The van der Waals surface area contributed by atoms with Crippen LogP contribution in [0.15, 0.2) is 30.3 Å². The molecular weight excluding hydrogens is 221 g/mol. The summed E-state index contributed by atoms with van der Waals surface area (Å²) in [7, 11) is 0. The minimum atomic E-state index is -0.347. The molecule has 0 radical (unpaired) electrons. The number of aromatic nitrogens is 2. The highest BCUT2D eigenvalue weighted by Gasteiger charge is 2.04. The van der Waals surface area contributed by atoms with Crippen molar-refractivity contribution in [1.82, 2.24) is 9.97 Å². The zero-order valence-electron chi connectivity index (χ0n) is 9.01. The Morgan fingerprint density at radius 3 is 2.59 bits per heavy atom. The van der Waals surface area contributed by atoms with Gasteiger partial charge in [-0.25, -0.2) is 9.37 Å². The monoisotopic (exact) mass is 229 g/mol. The molecule has 1 aromatic heterocycles. The maximum atomic E-state index is 12.7. The van der Waals surface area contributed by atoms with E-state index in [2.05, 4.69) is 9.97 Å². The number of rotatable bonds is 2. The number of hydrogen-bond acceptors (Lipinski definition) is 4. The zero-order chi connectivity index (χ0) is 12.3. The van der Waals surface area contributed by atoms with Crippen molar-refractivity contribution in [2.24, 2.45) is 0 Å². The number of nitriles is 1. The van der Waals surface area contributed by atoms with Crippen molar-refractivity contribution >= 4 is 0 Å². The van der Waals surface area contributed by atoms with Gasteiger partial charge in [-0.3, -0.25) is 0 Å². The number of nitrogens with zero attached hydrogens (tertiary/aromatic N) is 3. The minimum absolute atomic E-state index is 0.0770. The van der Waals surface area contributed by atoms with Crippen LogP contribution in [0.3, 0.4) is 0 Å². The Kier molecular flexibility index (Phi) is 2.97. The molecule has 0 aliphatic rings. The molecule has 0 unspecified atom stereocenters. The van der Waals surface area contributed by atoms with Crippen LogP contribution in [-0.2, 0) is 0 Å². The van der Waals surface area contributed by atoms with Crippen molar-refractivity contribution in [2.75, 3.05) is 0 Å². The lowest BCUT2D eigenvalue weighted by molar-refractivity contribution is 0.438. The fourth-order valence-corrected chi connectivity index (χ4v) is 1.25. The van der Waals surface area contributed by atoms with Gasteiger partial charge < -0.3 is 4.74 Å². The highest BCUT2D eigenvalue weighted by molar-refractivity contribution is 5.28. The summed E-state index contributed by atoms with van der Waals surface area (Å²) in [6, 6.07) is 9.02. The first-order valence-corrected chi connectivity index (χ1v) is 4.86. The largest absolute Gasteiger partial charge is 0.424 e. The van der Waals surface area contributed by atoms with Crippen LogP contribution < -0.4 is 4.74 Å². The molecule has 0 atom stereocenters. The number of hydrogen-bond donors (Lipinski definition) is 0. The quantitative estimate of drug-likeness (QED) is 0.794. The molecule has 0 aliphatic heterocycles. The molecule has 1 aromatic carbocycles. The average molecular weight is 229 g/mol. The van der Waals surface area contributed by atoms with Gasteiger partial charge in [0.2, 0.25) is 0 Å². The summed E-state index contributed by atoms with van der Waals surface area (Å²) in [6.45, 7) is 1.74. The fourth-order valence-electron chi connectivity index (χ4n) is 1.25. The van der Waals surface area contributed by atoms with E-state index in [1.165, 1.54) is 24.3 Å². The Balaban J connectivity index is 2.27. The molecule has 0 fully saturated rings. The Hall–Kier alpha value is -2.48. The third-order valence-corrected chi connectivity index (χ3v) is 1.97. The molecule has 0 N–H and O–H groups in total. The molecule has 2 rings (SSSR count). The van der Waals surface area contributed by atoms with Crippen LogP contribution in [0.1, 0.15) is 11.4 Å². The molecule has 0 saturated heterocycles. The van der Waals surface area contributed by atoms with Crippen molar-refractivity contribution in [3.05, 3.63) is 47.5 Å². The normalized spacial score (nSPS) is 9.71. The van der Waals surface area contributed by atoms with Crippen LogP contribution in [-0.4, -0.2) is 9.97 Å². The molecule has 0 aliphatic carbocycles. The Morgan fingerprint density at radius 2 is 1.94 bits per heavy atom. The van der Waals surface area contributed by atoms with Crippen molar-refractivity contribution in [1.29, 1.82) is 5.26 Å². The first kappa shape index (κ1) is 11.0. The number of ether oxygens (including phenoxy) is 1. The van der Waals surface area contributed by atoms with Gasteiger partial charge in [0.25, 0.3) is 0 Å². The molecule has 1 heterocycles. The van der Waals surface area contributed by atoms with Gasteiger partial charge in [0.05, 0.1) is 0 Å². The van der Waals surface area contributed by atoms with Crippen LogP contribution in [0.5, 0.6) is 11.8 Å². The molecule has 0 spiro atoms. The minimum Gasteiger partial charge on any atom is -0.424 e. The van der Waals surface area contributed by atoms with Crippen molar-refractivity contribution in [2.45, 2.75) is 6.92 Å². The second-order valence-corrected chi connectivity index (χ2v) is 3.34. The lowest BCUT2D eigenvalue weighted by atomic mass is 10.3. The summed E-state index contributed by atoms with van der Waals surface area (Å²) in [5.41, 5.74) is 0.864. The van der Waals surface area contributed by atoms with Gasteiger partial charge >= 0.3 is 6.01 Å². The van der Waals surface area contributed by atoms with Crippen LogP contribution in [0.4, 0.5) is 4.39 Å². The van der Waals surface area contributed by atoms with Gasteiger partial charge in [0.15, 0.2) is 0 Å². The summed E-state index contributed by atoms with van der Waals surface area (Å²) in [5, 5.41) is 8.74. The first-order valence-electron chi connectivity index (χ1n) is 4.86. The number of halogens is 1. The van der Waals surface area contributed by atoms with E-state index in [-0.39, 0.29) is 17.5 Å². The topological polar surface area (TPSA) is 58.8 Å². The number of benzene rings is 1. The van der Waals surface area contributed by atoms with Gasteiger partial charge in [0, 0.05) is 5.69 Å². The molecule has 2 aromatic rings. The van der Waals surface area contributed by atoms with E-state index < -0.39 is 0 Å². The second kappa shape index (κ2) is 4.58. The van der Waals surface area contributed by atoms with Crippen LogP contribution in [0.2, 0.25) is 0 Å². The highest BCUT2D eigenvalue weighted by Crippen LogP contribution is 2.18. The number of aryl methyl sites for hydroxylation is 1. The smallest absolute Gasteiger partial charge is 0.323 e. The van der Waals surface area contributed by atoms with Gasteiger partial charge in [-0.1, -0.05) is 0 Å². The lowest BCUT2D eigenvalue weighted by Gasteiger charge is -2.04. The van der Waals surface area contributed by atoms with Gasteiger partial charge in [-0.05, 0) is 37.3 Å². The molecule has 17 heavy (non-hydrogen) atoms. The van der Waals surface area contributed by atoms with Crippen molar-refractivity contribution in [3.63, 3.8) is 0 Å². The summed E-state index contributed by atoms with van der Waals surface area (Å²) in [6.07, 6.45) is 0. The van der Waals surface area contributed by atoms with Crippen LogP contribution >= 0.6 is 0 Å². The highest BCUT2D eigenvalue weighted by atomic mass is 19.1. The molecule has 0 saturated carbocycles. The van der Waals surface area contributed by atoms with E-state index >= 15 is 0 Å². The van der Waals surface area contributed by atoms with Crippen LogP contribution in [0.25, 0.3) is 0 Å². The third-order valence-electron chi connectivity index (χ3n) is 1.97. The van der Waals surface area contributed by atoms with E-state index in [0.717, 1.165) is 0 Å². The van der Waals surface area contributed by atoms with E-state index in [1.54, 1.807) is 13.0 Å². The van der Waals surface area contributed by atoms with Gasteiger partial charge in [0.1, 0.15) is 23.3 Å². The Labute approximate surface area is 97.3 Å². The maximum absolute atomic E-state index is 12.7. The predicted octanol–water partition coefficient (Wildman–Crippen LogP) is 2.59. The van der Waals surface area contributed by atoms with Gasteiger partial charge in [-0.15, -0.1) is 0 Å². The molecule has 84 valence electrons. The molecule has 0 amide bonds. The van der Waals surface area contributed by atoms with E-state index in [4.69, 9.17) is 10.00 Å². The maximum Gasteiger partial charge on any atom is 0.323 e. The second-order valence-electron chi connectivity index (χ2n) is 3.34. The van der Waals surface area contributed by atoms with Crippen molar-refractivity contribution in [3.8, 4) is 17.8 Å². The SMILES string of the molecule is Cc1cc(C#N)nc(Oc2ccc(F)cc2)n1. The molecule has 0 bridgehead atoms. The van der Waals surface area contributed by atoms with Crippen molar-refractivity contribution < 1.29 is 9.13 Å². The predicted molar refractivity (Wildman–Crippen MR) is 58.0 cm³/mol. The lowest BCUT2D eigenvalue weighted by Crippen LogP contribution is -1.96.